The maximum atomic E-state index is 11.9. The molecule has 3 nitrogen and oxygen atoms in total. The summed E-state index contributed by atoms with van der Waals surface area (Å²) in [5.74, 6) is -0.457. The van der Waals surface area contributed by atoms with E-state index >= 15 is 0 Å². The van der Waals surface area contributed by atoms with Crippen LogP contribution < -0.4 is 11.1 Å². The average molecular weight is 242 g/mol. The molecule has 0 saturated carbocycles. The van der Waals surface area contributed by atoms with E-state index in [9.17, 15) is 13.6 Å². The van der Waals surface area contributed by atoms with Gasteiger partial charge in [-0.3, -0.25) is 4.79 Å². The number of halogens is 2. The number of nitrogens with two attached hydrogens (primary N) is 1. The molecule has 0 aliphatic heterocycles. The lowest BCUT2D eigenvalue weighted by Gasteiger charge is -2.14. The minimum Gasteiger partial charge on any atom is -0.350 e. The number of benzene rings is 1. The normalized spacial score (nSPS) is 12.5. The van der Waals surface area contributed by atoms with Crippen LogP contribution in [0.5, 0.6) is 0 Å². The van der Waals surface area contributed by atoms with Gasteiger partial charge < -0.3 is 11.1 Å². The summed E-state index contributed by atoms with van der Waals surface area (Å²) in [6.07, 6.45) is -2.52. The van der Waals surface area contributed by atoms with E-state index in [0.29, 0.717) is 0 Å². The topological polar surface area (TPSA) is 55.1 Å². The van der Waals surface area contributed by atoms with Gasteiger partial charge in [0.15, 0.2) is 0 Å². The molecule has 0 aliphatic rings. The number of alkyl halides is 2. The van der Waals surface area contributed by atoms with Crippen LogP contribution in [0.25, 0.3) is 0 Å². The molecule has 0 unspecified atom stereocenters. The molecule has 1 aromatic carbocycles. The lowest BCUT2D eigenvalue weighted by Crippen LogP contribution is -2.31. The van der Waals surface area contributed by atoms with Crippen LogP contribution in [-0.4, -0.2) is 18.9 Å². The van der Waals surface area contributed by atoms with E-state index in [-0.39, 0.29) is 6.42 Å². The Morgan fingerprint density at radius 1 is 1.41 bits per heavy atom. The first-order chi connectivity index (χ1) is 8.00. The summed E-state index contributed by atoms with van der Waals surface area (Å²) in [5, 5.41) is 2.13. The Labute approximate surface area is 99.0 Å². The molecule has 1 rings (SSSR count). The fourth-order valence-electron chi connectivity index (χ4n) is 1.58. The van der Waals surface area contributed by atoms with Crippen LogP contribution in [0, 0.1) is 6.92 Å². The molecule has 0 radical (unpaired) electrons. The molecule has 5 heteroatoms. The quantitative estimate of drug-likeness (QED) is 0.826. The molecule has 0 saturated heterocycles. The second kappa shape index (κ2) is 6.30. The van der Waals surface area contributed by atoms with Gasteiger partial charge in [-0.1, -0.05) is 24.3 Å². The molecule has 1 amide bonds. The van der Waals surface area contributed by atoms with Crippen LogP contribution in [0.2, 0.25) is 0 Å². The van der Waals surface area contributed by atoms with Crippen LogP contribution in [0.3, 0.4) is 0 Å². The highest BCUT2D eigenvalue weighted by Crippen LogP contribution is 2.17. The SMILES string of the molecule is Cc1ccccc1[C@@H](N)CC(=O)NCC(F)F. The molecule has 0 spiro atoms. The zero-order valence-corrected chi connectivity index (χ0v) is 9.62. The summed E-state index contributed by atoms with van der Waals surface area (Å²) < 4.78 is 23.7. The van der Waals surface area contributed by atoms with Gasteiger partial charge in [0.25, 0.3) is 6.43 Å². The number of rotatable bonds is 5. The van der Waals surface area contributed by atoms with Crippen molar-refractivity contribution in [2.24, 2.45) is 5.73 Å². The molecular formula is C12H16F2N2O. The highest BCUT2D eigenvalue weighted by molar-refractivity contribution is 5.76. The Morgan fingerprint density at radius 3 is 2.65 bits per heavy atom. The second-order valence-corrected chi connectivity index (χ2v) is 3.86. The van der Waals surface area contributed by atoms with E-state index in [4.69, 9.17) is 5.73 Å². The molecule has 0 bridgehead atoms. The fraction of sp³-hybridized carbons (Fsp3) is 0.417. The number of hydrogen-bond donors (Lipinski definition) is 2. The molecule has 94 valence electrons. The smallest absolute Gasteiger partial charge is 0.255 e. The van der Waals surface area contributed by atoms with E-state index in [2.05, 4.69) is 5.32 Å². The minimum atomic E-state index is -2.53. The van der Waals surface area contributed by atoms with Gasteiger partial charge in [-0.05, 0) is 18.1 Å². The Kier molecular flexibility index (Phi) is 5.03. The van der Waals surface area contributed by atoms with E-state index in [1.807, 2.05) is 31.2 Å². The van der Waals surface area contributed by atoms with Crippen molar-refractivity contribution >= 4 is 5.91 Å². The monoisotopic (exact) mass is 242 g/mol. The maximum Gasteiger partial charge on any atom is 0.255 e. The summed E-state index contributed by atoms with van der Waals surface area (Å²) in [4.78, 5) is 11.3. The fourth-order valence-corrected chi connectivity index (χ4v) is 1.58. The summed E-state index contributed by atoms with van der Waals surface area (Å²) in [6.45, 7) is 1.27. The molecule has 17 heavy (non-hydrogen) atoms. The maximum absolute atomic E-state index is 11.9. The second-order valence-electron chi connectivity index (χ2n) is 3.86. The number of aryl methyl sites for hydroxylation is 1. The largest absolute Gasteiger partial charge is 0.350 e. The van der Waals surface area contributed by atoms with Gasteiger partial charge in [-0.2, -0.15) is 0 Å². The third-order valence-corrected chi connectivity index (χ3v) is 2.45. The van der Waals surface area contributed by atoms with Crippen molar-refractivity contribution in [2.45, 2.75) is 25.8 Å². The van der Waals surface area contributed by atoms with Crippen molar-refractivity contribution in [3.63, 3.8) is 0 Å². The number of nitrogens with one attached hydrogen (secondary N) is 1. The van der Waals surface area contributed by atoms with Gasteiger partial charge in [0.2, 0.25) is 5.91 Å². The van der Waals surface area contributed by atoms with E-state index in [1.54, 1.807) is 0 Å². The molecule has 3 N–H and O–H groups in total. The third kappa shape index (κ3) is 4.48. The lowest BCUT2D eigenvalue weighted by molar-refractivity contribution is -0.122. The van der Waals surface area contributed by atoms with E-state index in [0.717, 1.165) is 11.1 Å². The van der Waals surface area contributed by atoms with Crippen molar-refractivity contribution in [1.82, 2.24) is 5.32 Å². The first-order valence-corrected chi connectivity index (χ1v) is 5.36. The predicted molar refractivity (Wildman–Crippen MR) is 61.7 cm³/mol. The average Bonchev–Trinajstić information content (AvgIpc) is 2.26. The van der Waals surface area contributed by atoms with Crippen LogP contribution >= 0.6 is 0 Å². The molecule has 1 atom stereocenters. The molecule has 0 heterocycles. The lowest BCUT2D eigenvalue weighted by atomic mass is 9.99. The highest BCUT2D eigenvalue weighted by atomic mass is 19.3. The summed E-state index contributed by atoms with van der Waals surface area (Å²) in [6, 6.07) is 6.97. The van der Waals surface area contributed by atoms with E-state index < -0.39 is 24.9 Å². The Bertz CT molecular complexity index is 383. The number of carbonyl (C=O) groups excluding carboxylic acids is 1. The van der Waals surface area contributed by atoms with Gasteiger partial charge in [0.05, 0.1) is 6.54 Å². The van der Waals surface area contributed by atoms with Gasteiger partial charge >= 0.3 is 0 Å². The third-order valence-electron chi connectivity index (χ3n) is 2.45. The minimum absolute atomic E-state index is 0.0115. The Balaban J connectivity index is 2.52. The standard InChI is InChI=1S/C12H16F2N2O/c1-8-4-2-3-5-9(8)10(15)6-12(17)16-7-11(13)14/h2-5,10-11H,6-7,15H2,1H3,(H,16,17)/t10-/m0/s1. The van der Waals surface area contributed by atoms with Crippen molar-refractivity contribution in [1.29, 1.82) is 0 Å². The first-order valence-electron chi connectivity index (χ1n) is 5.36. The molecule has 1 aromatic rings. The number of carbonyl (C=O) groups is 1. The Morgan fingerprint density at radius 2 is 2.06 bits per heavy atom. The van der Waals surface area contributed by atoms with Crippen molar-refractivity contribution < 1.29 is 13.6 Å². The van der Waals surface area contributed by atoms with Crippen molar-refractivity contribution in [2.75, 3.05) is 6.54 Å². The summed E-state index contributed by atoms with van der Waals surface area (Å²) in [5.41, 5.74) is 7.70. The van der Waals surface area contributed by atoms with Crippen molar-refractivity contribution in [3.05, 3.63) is 35.4 Å². The van der Waals surface area contributed by atoms with E-state index in [1.165, 1.54) is 0 Å². The van der Waals surface area contributed by atoms with Crippen LogP contribution in [0.4, 0.5) is 8.78 Å². The van der Waals surface area contributed by atoms with Gasteiger partial charge in [0.1, 0.15) is 0 Å². The van der Waals surface area contributed by atoms with Gasteiger partial charge in [-0.25, -0.2) is 8.78 Å². The zero-order valence-electron chi connectivity index (χ0n) is 9.62. The van der Waals surface area contributed by atoms with Gasteiger partial charge in [-0.15, -0.1) is 0 Å². The molecular weight excluding hydrogens is 226 g/mol. The Hall–Kier alpha value is -1.49. The number of amides is 1. The van der Waals surface area contributed by atoms with Crippen LogP contribution in [0.15, 0.2) is 24.3 Å². The highest BCUT2D eigenvalue weighted by Gasteiger charge is 2.14. The zero-order chi connectivity index (χ0) is 12.8. The predicted octanol–water partition coefficient (Wildman–Crippen LogP) is 1.77. The van der Waals surface area contributed by atoms with Crippen LogP contribution in [-0.2, 0) is 4.79 Å². The van der Waals surface area contributed by atoms with Crippen LogP contribution in [0.1, 0.15) is 23.6 Å². The molecule has 0 fully saturated rings. The number of hydrogen-bond acceptors (Lipinski definition) is 2. The van der Waals surface area contributed by atoms with Gasteiger partial charge in [0, 0.05) is 12.5 Å². The van der Waals surface area contributed by atoms with Crippen molar-refractivity contribution in [3.8, 4) is 0 Å². The molecule has 0 aromatic heterocycles. The summed E-state index contributed by atoms with van der Waals surface area (Å²) >= 11 is 0. The first kappa shape index (κ1) is 13.6. The summed E-state index contributed by atoms with van der Waals surface area (Å²) in [7, 11) is 0. The molecule has 0 aliphatic carbocycles.